The molecule has 3 aliphatic carbocycles. The summed E-state index contributed by atoms with van der Waals surface area (Å²) < 4.78 is 0. The lowest BCUT2D eigenvalue weighted by Gasteiger charge is -2.36. The minimum Gasteiger partial charge on any atom is -0.388 e. The first-order chi connectivity index (χ1) is 10.1. The second-order valence-electron chi connectivity index (χ2n) is 7.22. The van der Waals surface area contributed by atoms with Gasteiger partial charge in [0.15, 0.2) is 0 Å². The van der Waals surface area contributed by atoms with Crippen LogP contribution in [-0.2, 0) is 16.6 Å². The van der Waals surface area contributed by atoms with Gasteiger partial charge in [-0.15, -0.1) is 0 Å². The highest BCUT2D eigenvalue weighted by atomic mass is 16.3. The van der Waals surface area contributed by atoms with Crippen molar-refractivity contribution < 1.29 is 9.90 Å². The highest BCUT2D eigenvalue weighted by Gasteiger charge is 2.60. The van der Waals surface area contributed by atoms with Crippen molar-refractivity contribution >= 4 is 5.91 Å². The molecule has 21 heavy (non-hydrogen) atoms. The molecule has 1 aromatic carbocycles. The maximum atomic E-state index is 12.5. The standard InChI is InChI=1S/C18H23NO2/c20-16(19-12-17(21)8-4-9-17)15-11-18(15)10-3-6-13-5-1-2-7-14(13)18/h1-2,5,7,15,21H,3-4,6,8-12H2,(H,19,20). The molecule has 4 rings (SSSR count). The van der Waals surface area contributed by atoms with Gasteiger partial charge in [-0.25, -0.2) is 0 Å². The van der Waals surface area contributed by atoms with Gasteiger partial charge in [0, 0.05) is 17.9 Å². The van der Waals surface area contributed by atoms with Gasteiger partial charge in [-0.05, 0) is 56.1 Å². The summed E-state index contributed by atoms with van der Waals surface area (Å²) in [5.41, 5.74) is 2.30. The van der Waals surface area contributed by atoms with Gasteiger partial charge in [0.25, 0.3) is 0 Å². The number of nitrogens with one attached hydrogen (secondary N) is 1. The van der Waals surface area contributed by atoms with Crippen molar-refractivity contribution in [1.82, 2.24) is 5.32 Å². The van der Waals surface area contributed by atoms with Crippen LogP contribution < -0.4 is 5.32 Å². The van der Waals surface area contributed by atoms with Crippen LogP contribution >= 0.6 is 0 Å². The van der Waals surface area contributed by atoms with Crippen molar-refractivity contribution in [3.8, 4) is 0 Å². The second-order valence-corrected chi connectivity index (χ2v) is 7.22. The van der Waals surface area contributed by atoms with Crippen LogP contribution in [0.3, 0.4) is 0 Å². The van der Waals surface area contributed by atoms with Crippen molar-refractivity contribution in [3.63, 3.8) is 0 Å². The third kappa shape index (κ3) is 2.10. The van der Waals surface area contributed by atoms with Gasteiger partial charge in [0.05, 0.1) is 5.60 Å². The van der Waals surface area contributed by atoms with Crippen LogP contribution in [0.25, 0.3) is 0 Å². The van der Waals surface area contributed by atoms with Crippen LogP contribution in [0.5, 0.6) is 0 Å². The van der Waals surface area contributed by atoms with Gasteiger partial charge < -0.3 is 10.4 Å². The maximum Gasteiger partial charge on any atom is 0.224 e. The summed E-state index contributed by atoms with van der Waals surface area (Å²) in [7, 11) is 0. The fraction of sp³-hybridized carbons (Fsp3) is 0.611. The average Bonchev–Trinajstić information content (AvgIpc) is 3.18. The Hall–Kier alpha value is -1.35. The molecular weight excluding hydrogens is 262 g/mol. The molecule has 0 aromatic heterocycles. The molecule has 1 spiro atoms. The smallest absolute Gasteiger partial charge is 0.224 e. The van der Waals surface area contributed by atoms with Crippen LogP contribution in [0.4, 0.5) is 0 Å². The number of benzene rings is 1. The van der Waals surface area contributed by atoms with E-state index in [1.807, 2.05) is 0 Å². The number of carbonyl (C=O) groups excluding carboxylic acids is 1. The molecule has 2 unspecified atom stereocenters. The molecule has 2 atom stereocenters. The summed E-state index contributed by atoms with van der Waals surface area (Å²) in [6.07, 6.45) is 7.17. The Balaban J connectivity index is 1.46. The van der Waals surface area contributed by atoms with Gasteiger partial charge in [-0.2, -0.15) is 0 Å². The van der Waals surface area contributed by atoms with Crippen LogP contribution in [0.2, 0.25) is 0 Å². The number of rotatable bonds is 3. The normalized spacial score (nSPS) is 32.1. The molecule has 3 nitrogen and oxygen atoms in total. The van der Waals surface area contributed by atoms with Gasteiger partial charge in [-0.3, -0.25) is 4.79 Å². The Morgan fingerprint density at radius 1 is 1.24 bits per heavy atom. The van der Waals surface area contributed by atoms with E-state index in [9.17, 15) is 9.90 Å². The SMILES string of the molecule is O=C(NCC1(O)CCC1)C1CC12CCCc1ccccc12. The van der Waals surface area contributed by atoms with Crippen molar-refractivity contribution in [2.75, 3.05) is 6.54 Å². The molecule has 0 radical (unpaired) electrons. The summed E-state index contributed by atoms with van der Waals surface area (Å²) >= 11 is 0. The molecule has 2 N–H and O–H groups in total. The van der Waals surface area contributed by atoms with E-state index in [-0.39, 0.29) is 17.2 Å². The summed E-state index contributed by atoms with van der Waals surface area (Å²) in [5.74, 6) is 0.259. The number of amides is 1. The lowest BCUT2D eigenvalue weighted by molar-refractivity contribution is -0.125. The summed E-state index contributed by atoms with van der Waals surface area (Å²) in [4.78, 5) is 12.5. The van der Waals surface area contributed by atoms with Gasteiger partial charge in [0.1, 0.15) is 0 Å². The molecule has 0 saturated heterocycles. The Morgan fingerprint density at radius 3 is 2.81 bits per heavy atom. The first kappa shape index (κ1) is 13.3. The molecule has 112 valence electrons. The lowest BCUT2D eigenvalue weighted by atomic mass is 9.78. The molecule has 0 heterocycles. The number of aryl methyl sites for hydroxylation is 1. The first-order valence-corrected chi connectivity index (χ1v) is 8.22. The van der Waals surface area contributed by atoms with Gasteiger partial charge in [-0.1, -0.05) is 24.3 Å². The topological polar surface area (TPSA) is 49.3 Å². The number of aliphatic hydroxyl groups is 1. The predicted octanol–water partition coefficient (Wildman–Crippen LogP) is 2.31. The first-order valence-electron chi connectivity index (χ1n) is 8.22. The minimum atomic E-state index is -0.623. The van der Waals surface area contributed by atoms with Crippen LogP contribution in [0, 0.1) is 5.92 Å². The predicted molar refractivity (Wildman–Crippen MR) is 81.0 cm³/mol. The third-order valence-electron chi connectivity index (χ3n) is 5.89. The number of hydrogen-bond acceptors (Lipinski definition) is 2. The Kier molecular flexibility index (Phi) is 2.90. The van der Waals surface area contributed by atoms with Crippen LogP contribution in [-0.4, -0.2) is 23.2 Å². The highest BCUT2D eigenvalue weighted by molar-refractivity contribution is 5.84. The van der Waals surface area contributed by atoms with E-state index in [0.29, 0.717) is 6.54 Å². The number of hydrogen-bond donors (Lipinski definition) is 2. The van der Waals surface area contributed by atoms with E-state index in [1.165, 1.54) is 17.5 Å². The van der Waals surface area contributed by atoms with E-state index < -0.39 is 5.60 Å². The maximum absolute atomic E-state index is 12.5. The molecule has 0 bridgehead atoms. The zero-order valence-corrected chi connectivity index (χ0v) is 12.4. The molecule has 3 heteroatoms. The molecule has 2 saturated carbocycles. The molecule has 0 aliphatic heterocycles. The van der Waals surface area contributed by atoms with Crippen LogP contribution in [0.15, 0.2) is 24.3 Å². The quantitative estimate of drug-likeness (QED) is 0.895. The van der Waals surface area contributed by atoms with E-state index in [4.69, 9.17) is 0 Å². The van der Waals surface area contributed by atoms with Crippen LogP contribution in [0.1, 0.15) is 49.7 Å². The summed E-state index contributed by atoms with van der Waals surface area (Å²) in [6.45, 7) is 0.431. The number of carbonyl (C=O) groups is 1. The Bertz CT molecular complexity index is 578. The van der Waals surface area contributed by atoms with E-state index >= 15 is 0 Å². The largest absolute Gasteiger partial charge is 0.388 e. The number of fused-ring (bicyclic) bond motifs is 2. The van der Waals surface area contributed by atoms with Gasteiger partial charge >= 0.3 is 0 Å². The monoisotopic (exact) mass is 285 g/mol. The summed E-state index contributed by atoms with van der Waals surface area (Å²) in [5, 5.41) is 13.1. The fourth-order valence-electron chi connectivity index (χ4n) is 4.31. The van der Waals surface area contributed by atoms with Crippen molar-refractivity contribution in [2.24, 2.45) is 5.92 Å². The summed E-state index contributed by atoms with van der Waals surface area (Å²) in [6, 6.07) is 8.61. The minimum absolute atomic E-state index is 0.0984. The molecule has 3 aliphatic rings. The fourth-order valence-corrected chi connectivity index (χ4v) is 4.31. The molecule has 1 aromatic rings. The van der Waals surface area contributed by atoms with Crippen molar-refractivity contribution in [1.29, 1.82) is 0 Å². The molecular formula is C18H23NO2. The molecule has 2 fully saturated rings. The highest BCUT2D eigenvalue weighted by Crippen LogP contribution is 2.60. The lowest BCUT2D eigenvalue weighted by Crippen LogP contribution is -2.48. The zero-order chi connectivity index (χ0) is 14.5. The average molecular weight is 285 g/mol. The third-order valence-corrected chi connectivity index (χ3v) is 5.89. The van der Waals surface area contributed by atoms with E-state index in [1.54, 1.807) is 0 Å². The molecule has 1 amide bonds. The Labute approximate surface area is 125 Å². The zero-order valence-electron chi connectivity index (χ0n) is 12.4. The second kappa shape index (κ2) is 4.57. The van der Waals surface area contributed by atoms with E-state index in [0.717, 1.165) is 38.5 Å². The van der Waals surface area contributed by atoms with Crippen molar-refractivity contribution in [3.05, 3.63) is 35.4 Å². The Morgan fingerprint density at radius 2 is 2.05 bits per heavy atom. The van der Waals surface area contributed by atoms with E-state index in [2.05, 4.69) is 29.6 Å². The van der Waals surface area contributed by atoms with Crippen molar-refractivity contribution in [2.45, 2.75) is 56.0 Å². The van der Waals surface area contributed by atoms with Gasteiger partial charge in [0.2, 0.25) is 5.91 Å².